The van der Waals surface area contributed by atoms with Gasteiger partial charge in [0.1, 0.15) is 4.90 Å². The first kappa shape index (κ1) is 13.5. The van der Waals surface area contributed by atoms with Gasteiger partial charge < -0.3 is 5.32 Å². The predicted octanol–water partition coefficient (Wildman–Crippen LogP) is 1.38. The average molecular weight is 271 g/mol. The molecule has 1 fully saturated rings. The van der Waals surface area contributed by atoms with Crippen molar-refractivity contribution in [1.29, 1.82) is 0 Å². The van der Waals surface area contributed by atoms with E-state index in [0.717, 1.165) is 32.2 Å². The van der Waals surface area contributed by atoms with E-state index >= 15 is 0 Å². The van der Waals surface area contributed by atoms with Crippen molar-refractivity contribution in [3.05, 3.63) is 12.4 Å². The molecule has 2 rings (SSSR count). The molecule has 0 radical (unpaired) electrons. The van der Waals surface area contributed by atoms with Crippen molar-refractivity contribution in [2.75, 3.05) is 12.8 Å². The van der Waals surface area contributed by atoms with Crippen LogP contribution in [0.5, 0.6) is 0 Å². The first-order valence-corrected chi connectivity index (χ1v) is 8.37. The van der Waals surface area contributed by atoms with Crippen molar-refractivity contribution < 1.29 is 8.42 Å². The summed E-state index contributed by atoms with van der Waals surface area (Å²) in [7, 11) is -3.14. The van der Waals surface area contributed by atoms with E-state index in [2.05, 4.69) is 17.3 Å². The molecule has 2 atom stereocenters. The Kier molecular flexibility index (Phi) is 4.07. The van der Waals surface area contributed by atoms with Gasteiger partial charge in [0.25, 0.3) is 0 Å². The molecular weight excluding hydrogens is 250 g/mol. The summed E-state index contributed by atoms with van der Waals surface area (Å²) in [5, 5.41) is 7.70. The molecule has 1 heterocycles. The largest absolute Gasteiger partial charge is 0.314 e. The lowest BCUT2D eigenvalue weighted by atomic mass is 10.2. The van der Waals surface area contributed by atoms with Crippen LogP contribution in [-0.2, 0) is 9.84 Å². The van der Waals surface area contributed by atoms with Crippen molar-refractivity contribution >= 4 is 9.84 Å². The second-order valence-corrected chi connectivity index (χ2v) is 7.06. The summed E-state index contributed by atoms with van der Waals surface area (Å²) in [5.74, 6) is 0. The molecule has 1 aromatic heterocycles. The summed E-state index contributed by atoms with van der Waals surface area (Å²) >= 11 is 0. The van der Waals surface area contributed by atoms with E-state index < -0.39 is 9.84 Å². The molecule has 5 nitrogen and oxygen atoms in total. The van der Waals surface area contributed by atoms with Crippen LogP contribution in [-0.4, -0.2) is 37.0 Å². The fourth-order valence-corrected chi connectivity index (χ4v) is 2.98. The normalized spacial score (nSPS) is 24.6. The number of nitrogens with one attached hydrogen (secondary N) is 1. The summed E-state index contributed by atoms with van der Waals surface area (Å²) in [4.78, 5) is 0.312. The van der Waals surface area contributed by atoms with Crippen LogP contribution >= 0.6 is 0 Å². The monoisotopic (exact) mass is 271 g/mol. The molecule has 0 aliphatic heterocycles. The van der Waals surface area contributed by atoms with Gasteiger partial charge in [-0.2, -0.15) is 5.10 Å². The molecule has 1 saturated carbocycles. The van der Waals surface area contributed by atoms with Crippen molar-refractivity contribution in [3.8, 4) is 0 Å². The van der Waals surface area contributed by atoms with Crippen LogP contribution in [0.1, 0.15) is 38.6 Å². The molecule has 2 unspecified atom stereocenters. The van der Waals surface area contributed by atoms with Crippen LogP contribution in [0.25, 0.3) is 0 Å². The quantitative estimate of drug-likeness (QED) is 0.878. The molecule has 0 bridgehead atoms. The maximum Gasteiger partial charge on any atom is 0.178 e. The molecule has 6 heteroatoms. The maximum atomic E-state index is 11.4. The van der Waals surface area contributed by atoms with Gasteiger partial charge in [0.05, 0.1) is 12.2 Å². The van der Waals surface area contributed by atoms with Crippen LogP contribution < -0.4 is 5.32 Å². The molecule has 0 saturated heterocycles. The zero-order valence-electron chi connectivity index (χ0n) is 11.0. The minimum absolute atomic E-state index is 0.312. The van der Waals surface area contributed by atoms with Gasteiger partial charge in [0.15, 0.2) is 9.84 Å². The lowest BCUT2D eigenvalue weighted by Crippen LogP contribution is -2.27. The van der Waals surface area contributed by atoms with Crippen LogP contribution in [0, 0.1) is 0 Å². The van der Waals surface area contributed by atoms with Crippen molar-refractivity contribution in [1.82, 2.24) is 15.1 Å². The van der Waals surface area contributed by atoms with Crippen molar-refractivity contribution in [3.63, 3.8) is 0 Å². The minimum atomic E-state index is -3.14. The first-order valence-electron chi connectivity index (χ1n) is 6.48. The van der Waals surface area contributed by atoms with Crippen molar-refractivity contribution in [2.45, 2.75) is 49.6 Å². The molecular formula is C12H21N3O2S. The highest BCUT2D eigenvalue weighted by atomic mass is 32.2. The lowest BCUT2D eigenvalue weighted by molar-refractivity contribution is 0.441. The van der Waals surface area contributed by atoms with Gasteiger partial charge in [-0.1, -0.05) is 6.92 Å². The number of hydrogen-bond acceptors (Lipinski definition) is 4. The summed E-state index contributed by atoms with van der Waals surface area (Å²) in [6.45, 7) is 3.20. The number of sulfone groups is 1. The van der Waals surface area contributed by atoms with Crippen LogP contribution in [0.4, 0.5) is 0 Å². The van der Waals surface area contributed by atoms with Crippen LogP contribution in [0.2, 0.25) is 0 Å². The molecule has 1 aromatic rings. The second kappa shape index (κ2) is 5.40. The summed E-state index contributed by atoms with van der Waals surface area (Å²) in [5.41, 5.74) is 0. The highest BCUT2D eigenvalue weighted by Gasteiger charge is 2.26. The predicted molar refractivity (Wildman–Crippen MR) is 70.3 cm³/mol. The second-order valence-electron chi connectivity index (χ2n) is 5.05. The van der Waals surface area contributed by atoms with E-state index in [0.29, 0.717) is 17.0 Å². The minimum Gasteiger partial charge on any atom is -0.314 e. The van der Waals surface area contributed by atoms with Gasteiger partial charge >= 0.3 is 0 Å². The summed E-state index contributed by atoms with van der Waals surface area (Å²) < 4.78 is 24.6. The number of aromatic nitrogens is 2. The third kappa shape index (κ3) is 3.11. The van der Waals surface area contributed by atoms with Gasteiger partial charge in [-0.15, -0.1) is 0 Å². The number of rotatable bonds is 5. The van der Waals surface area contributed by atoms with Gasteiger partial charge in [-0.25, -0.2) is 8.42 Å². The Balaban J connectivity index is 1.99. The van der Waals surface area contributed by atoms with Crippen LogP contribution in [0.3, 0.4) is 0 Å². The van der Waals surface area contributed by atoms with Crippen LogP contribution in [0.15, 0.2) is 17.3 Å². The Labute approximate surface area is 108 Å². The van der Waals surface area contributed by atoms with Gasteiger partial charge in [0.2, 0.25) is 0 Å². The number of hydrogen-bond donors (Lipinski definition) is 1. The van der Waals surface area contributed by atoms with E-state index in [9.17, 15) is 8.42 Å². The molecule has 1 aliphatic carbocycles. The SMILES string of the molecule is CCCNC1CCC(n2cc(S(C)(=O)=O)cn2)C1. The third-order valence-corrected chi connectivity index (χ3v) is 4.54. The van der Waals surface area contributed by atoms with E-state index in [1.54, 1.807) is 6.20 Å². The van der Waals surface area contributed by atoms with E-state index in [1.165, 1.54) is 12.5 Å². The fourth-order valence-electron chi connectivity index (χ4n) is 2.44. The van der Waals surface area contributed by atoms with E-state index in [1.807, 2.05) is 4.68 Å². The van der Waals surface area contributed by atoms with Crippen molar-refractivity contribution in [2.24, 2.45) is 0 Å². The Morgan fingerprint density at radius 3 is 2.89 bits per heavy atom. The molecule has 18 heavy (non-hydrogen) atoms. The average Bonchev–Trinajstić information content (AvgIpc) is 2.93. The zero-order chi connectivity index (χ0) is 13.2. The third-order valence-electron chi connectivity index (χ3n) is 3.47. The molecule has 0 amide bonds. The topological polar surface area (TPSA) is 64.0 Å². The molecule has 0 spiro atoms. The van der Waals surface area contributed by atoms with Gasteiger partial charge in [-0.05, 0) is 32.2 Å². The molecule has 1 N–H and O–H groups in total. The molecule has 0 aromatic carbocycles. The fraction of sp³-hybridized carbons (Fsp3) is 0.750. The highest BCUT2D eigenvalue weighted by molar-refractivity contribution is 7.90. The smallest absolute Gasteiger partial charge is 0.178 e. The summed E-state index contributed by atoms with van der Waals surface area (Å²) in [6.07, 6.45) is 8.69. The highest BCUT2D eigenvalue weighted by Crippen LogP contribution is 2.30. The number of nitrogens with zero attached hydrogens (tertiary/aromatic N) is 2. The molecule has 1 aliphatic rings. The summed E-state index contributed by atoms with van der Waals surface area (Å²) in [6, 6.07) is 0.871. The van der Waals surface area contributed by atoms with E-state index in [4.69, 9.17) is 0 Å². The Morgan fingerprint density at radius 1 is 1.50 bits per heavy atom. The standard InChI is InChI=1S/C12H21N3O2S/c1-3-6-13-10-4-5-11(7-10)15-9-12(8-14-15)18(2,16)17/h8-11,13H,3-7H2,1-2H3. The Morgan fingerprint density at radius 2 is 2.28 bits per heavy atom. The molecule has 102 valence electrons. The lowest BCUT2D eigenvalue weighted by Gasteiger charge is -2.12. The zero-order valence-corrected chi connectivity index (χ0v) is 11.8. The van der Waals surface area contributed by atoms with Gasteiger partial charge in [0, 0.05) is 18.5 Å². The van der Waals surface area contributed by atoms with Gasteiger partial charge in [-0.3, -0.25) is 4.68 Å². The Bertz CT molecular complexity index is 495. The Hall–Kier alpha value is -0.880. The first-order chi connectivity index (χ1) is 8.50. The van der Waals surface area contributed by atoms with E-state index in [-0.39, 0.29) is 0 Å². The maximum absolute atomic E-state index is 11.4.